The topological polar surface area (TPSA) is 71.4 Å². The molecule has 4 nitrogen and oxygen atoms in total. The third-order valence-electron chi connectivity index (χ3n) is 3.49. The van der Waals surface area contributed by atoms with Gasteiger partial charge in [0.2, 0.25) is 0 Å². The second kappa shape index (κ2) is 6.35. The third kappa shape index (κ3) is 3.56. The zero-order valence-electron chi connectivity index (χ0n) is 11.8. The monoisotopic (exact) mass is 302 g/mol. The molecule has 0 fully saturated rings. The van der Waals surface area contributed by atoms with E-state index in [4.69, 9.17) is 5.11 Å². The molecule has 0 aliphatic heterocycles. The zero-order chi connectivity index (χ0) is 15.5. The summed E-state index contributed by atoms with van der Waals surface area (Å²) in [6, 6.07) is 1.88. The van der Waals surface area contributed by atoms with Crippen LogP contribution in [0.2, 0.25) is 0 Å². The van der Waals surface area contributed by atoms with E-state index in [9.17, 15) is 17.6 Å². The Kier molecular flexibility index (Phi) is 5.28. The highest BCUT2D eigenvalue weighted by Crippen LogP contribution is 2.24. The summed E-state index contributed by atoms with van der Waals surface area (Å²) in [7, 11) is -3.70. The van der Waals surface area contributed by atoms with Crippen molar-refractivity contribution in [3.63, 3.8) is 0 Å². The van der Waals surface area contributed by atoms with E-state index in [2.05, 4.69) is 0 Å². The molecule has 0 saturated heterocycles. The van der Waals surface area contributed by atoms with Crippen LogP contribution in [0.3, 0.4) is 0 Å². The Bertz CT molecular complexity index is 604. The van der Waals surface area contributed by atoms with Crippen LogP contribution in [-0.4, -0.2) is 25.2 Å². The van der Waals surface area contributed by atoms with Crippen molar-refractivity contribution in [2.75, 3.05) is 5.75 Å². The molecule has 1 aromatic carbocycles. The Balaban J connectivity index is 3.34. The maximum absolute atomic E-state index is 13.7. The van der Waals surface area contributed by atoms with E-state index >= 15 is 0 Å². The van der Waals surface area contributed by atoms with Crippen molar-refractivity contribution < 1.29 is 22.7 Å². The maximum atomic E-state index is 13.7. The maximum Gasteiger partial charge on any atom is 0.335 e. The summed E-state index contributed by atoms with van der Waals surface area (Å²) in [6.45, 7) is 5.14. The van der Waals surface area contributed by atoms with Gasteiger partial charge in [0.05, 0.1) is 16.2 Å². The molecule has 0 heterocycles. The molecule has 1 rings (SSSR count). The number of benzene rings is 1. The second-order valence-electron chi connectivity index (χ2n) is 4.85. The highest BCUT2D eigenvalue weighted by atomic mass is 32.2. The zero-order valence-corrected chi connectivity index (χ0v) is 12.6. The molecule has 0 aromatic heterocycles. The minimum Gasteiger partial charge on any atom is -0.478 e. The van der Waals surface area contributed by atoms with Gasteiger partial charge < -0.3 is 5.11 Å². The van der Waals surface area contributed by atoms with E-state index in [1.165, 1.54) is 6.92 Å². The first-order valence-corrected chi connectivity index (χ1v) is 8.14. The first-order chi connectivity index (χ1) is 9.22. The van der Waals surface area contributed by atoms with E-state index in [0.29, 0.717) is 12.8 Å². The predicted octanol–water partition coefficient (Wildman–Crippen LogP) is 3.04. The van der Waals surface area contributed by atoms with Gasteiger partial charge in [-0.2, -0.15) is 0 Å². The summed E-state index contributed by atoms with van der Waals surface area (Å²) >= 11 is 0. The summed E-state index contributed by atoms with van der Waals surface area (Å²) in [5.74, 6) is -2.27. The number of carboxylic acids is 1. The van der Waals surface area contributed by atoms with Crippen LogP contribution in [0.1, 0.15) is 42.6 Å². The molecule has 0 bridgehead atoms. The van der Waals surface area contributed by atoms with Crippen molar-refractivity contribution in [3.8, 4) is 0 Å². The number of rotatable bonds is 6. The van der Waals surface area contributed by atoms with Crippen molar-refractivity contribution in [1.29, 1.82) is 0 Å². The molecule has 0 saturated carbocycles. The molecule has 0 atom stereocenters. The molecule has 20 heavy (non-hydrogen) atoms. The Morgan fingerprint density at radius 3 is 2.30 bits per heavy atom. The van der Waals surface area contributed by atoms with Crippen LogP contribution >= 0.6 is 0 Å². The average Bonchev–Trinajstić information content (AvgIpc) is 2.38. The summed E-state index contributed by atoms with van der Waals surface area (Å²) in [5.41, 5.74) is -0.378. The van der Waals surface area contributed by atoms with Gasteiger partial charge in [-0.25, -0.2) is 17.6 Å². The van der Waals surface area contributed by atoms with Crippen molar-refractivity contribution in [1.82, 2.24) is 0 Å². The largest absolute Gasteiger partial charge is 0.478 e. The number of hydrogen-bond acceptors (Lipinski definition) is 3. The quantitative estimate of drug-likeness (QED) is 0.876. The minimum atomic E-state index is -3.70. The van der Waals surface area contributed by atoms with Crippen molar-refractivity contribution in [2.24, 2.45) is 5.92 Å². The molecule has 0 aliphatic rings. The van der Waals surface area contributed by atoms with Crippen LogP contribution in [0, 0.1) is 18.7 Å². The normalized spacial score (nSPS) is 11.8. The molecular formula is C14H19FO4S. The lowest BCUT2D eigenvalue weighted by Crippen LogP contribution is -2.17. The van der Waals surface area contributed by atoms with E-state index in [-0.39, 0.29) is 27.7 Å². The number of carbonyl (C=O) groups is 1. The minimum absolute atomic E-state index is 0.0176. The second-order valence-corrected chi connectivity index (χ2v) is 6.85. The standard InChI is InChI=1S/C14H19FO4S/c1-4-10(5-2)8-20(18,19)13-7-11(14(16)17)6-12(15)9(13)3/h6-7,10H,4-5,8H2,1-3H3,(H,16,17). The average molecular weight is 302 g/mol. The lowest BCUT2D eigenvalue weighted by atomic mass is 10.1. The van der Waals surface area contributed by atoms with E-state index in [1.807, 2.05) is 13.8 Å². The van der Waals surface area contributed by atoms with Crippen LogP contribution in [0.5, 0.6) is 0 Å². The third-order valence-corrected chi connectivity index (χ3v) is 5.49. The van der Waals surface area contributed by atoms with Gasteiger partial charge in [0, 0.05) is 5.56 Å². The fourth-order valence-corrected chi connectivity index (χ4v) is 4.17. The number of aromatic carboxylic acids is 1. The van der Waals surface area contributed by atoms with Gasteiger partial charge in [0.25, 0.3) is 0 Å². The SMILES string of the molecule is CCC(CC)CS(=O)(=O)c1cc(C(=O)O)cc(F)c1C. The van der Waals surface area contributed by atoms with Gasteiger partial charge in [0.15, 0.2) is 9.84 Å². The van der Waals surface area contributed by atoms with Crippen LogP contribution in [0.4, 0.5) is 4.39 Å². The van der Waals surface area contributed by atoms with Crippen molar-refractivity contribution in [3.05, 3.63) is 29.1 Å². The molecule has 112 valence electrons. The van der Waals surface area contributed by atoms with Crippen molar-refractivity contribution in [2.45, 2.75) is 38.5 Å². The van der Waals surface area contributed by atoms with Crippen LogP contribution in [0.25, 0.3) is 0 Å². The summed E-state index contributed by atoms with van der Waals surface area (Å²) in [5, 5.41) is 8.90. The summed E-state index contributed by atoms with van der Waals surface area (Å²) in [4.78, 5) is 10.7. The molecule has 0 spiro atoms. The first-order valence-electron chi connectivity index (χ1n) is 6.49. The van der Waals surface area contributed by atoms with E-state index in [0.717, 1.165) is 12.1 Å². The van der Waals surface area contributed by atoms with Gasteiger partial charge in [0.1, 0.15) is 5.82 Å². The van der Waals surface area contributed by atoms with E-state index < -0.39 is 21.6 Å². The van der Waals surface area contributed by atoms with Crippen molar-refractivity contribution >= 4 is 15.8 Å². The lowest BCUT2D eigenvalue weighted by molar-refractivity contribution is 0.0696. The Morgan fingerprint density at radius 2 is 1.85 bits per heavy atom. The fraction of sp³-hybridized carbons (Fsp3) is 0.500. The summed E-state index contributed by atoms with van der Waals surface area (Å²) in [6.07, 6.45) is 1.41. The Labute approximate surface area is 118 Å². The molecule has 0 amide bonds. The molecular weight excluding hydrogens is 283 g/mol. The predicted molar refractivity (Wildman–Crippen MR) is 74.2 cm³/mol. The highest BCUT2D eigenvalue weighted by molar-refractivity contribution is 7.91. The Morgan fingerprint density at radius 1 is 1.30 bits per heavy atom. The number of carboxylic acid groups (broad SMARTS) is 1. The highest BCUT2D eigenvalue weighted by Gasteiger charge is 2.24. The van der Waals surface area contributed by atoms with Gasteiger partial charge >= 0.3 is 5.97 Å². The van der Waals surface area contributed by atoms with Crippen LogP contribution in [0.15, 0.2) is 17.0 Å². The number of hydrogen-bond donors (Lipinski definition) is 1. The van der Waals surface area contributed by atoms with Crippen LogP contribution in [-0.2, 0) is 9.84 Å². The Hall–Kier alpha value is -1.43. The van der Waals surface area contributed by atoms with Crippen LogP contribution < -0.4 is 0 Å². The van der Waals surface area contributed by atoms with E-state index in [1.54, 1.807) is 0 Å². The van der Waals surface area contributed by atoms with Gasteiger partial charge in [-0.15, -0.1) is 0 Å². The number of halogens is 1. The first kappa shape index (κ1) is 16.6. The smallest absolute Gasteiger partial charge is 0.335 e. The summed E-state index contributed by atoms with van der Waals surface area (Å²) < 4.78 is 38.4. The molecule has 0 aliphatic carbocycles. The molecule has 0 radical (unpaired) electrons. The number of sulfone groups is 1. The van der Waals surface area contributed by atoms with Gasteiger partial charge in [-0.3, -0.25) is 0 Å². The van der Waals surface area contributed by atoms with Gasteiger partial charge in [-0.05, 0) is 25.0 Å². The van der Waals surface area contributed by atoms with Gasteiger partial charge in [-0.1, -0.05) is 26.7 Å². The molecule has 6 heteroatoms. The lowest BCUT2D eigenvalue weighted by Gasteiger charge is -2.15. The molecule has 0 unspecified atom stereocenters. The molecule has 1 aromatic rings. The molecule has 1 N–H and O–H groups in total. The fourth-order valence-electron chi connectivity index (χ4n) is 2.02.